The van der Waals surface area contributed by atoms with E-state index in [2.05, 4.69) is 86.6 Å². The van der Waals surface area contributed by atoms with E-state index in [1.807, 2.05) is 0 Å². The summed E-state index contributed by atoms with van der Waals surface area (Å²) in [5.74, 6) is 1.91. The van der Waals surface area contributed by atoms with Crippen LogP contribution >= 0.6 is 0 Å². The van der Waals surface area contributed by atoms with Crippen molar-refractivity contribution in [3.05, 3.63) is 72.8 Å². The Labute approximate surface area is 300 Å². The van der Waals surface area contributed by atoms with E-state index in [0.29, 0.717) is 0 Å². The normalized spacial score (nSPS) is 16.3. The van der Waals surface area contributed by atoms with E-state index >= 15 is 0 Å². The minimum Gasteiger partial charge on any atom is -0.494 e. The van der Waals surface area contributed by atoms with Crippen molar-refractivity contribution in [2.45, 2.75) is 78.1 Å². The molecule has 0 aromatic heterocycles. The van der Waals surface area contributed by atoms with Gasteiger partial charge in [-0.2, -0.15) is 0 Å². The SMILES string of the molecule is CCC1(COCCCCCCOc2cc3ccc(-c4ccc5cc(OCCCCCCOCC6(CC)COC6)cc-5cc4)ccc-3c2)COC1. The fourth-order valence-corrected chi connectivity index (χ4v) is 6.83. The number of unbranched alkanes of at least 4 members (excludes halogenated alkanes) is 6. The maximum atomic E-state index is 6.11. The molecule has 2 heterocycles. The lowest BCUT2D eigenvalue weighted by atomic mass is 9.84. The third-order valence-corrected chi connectivity index (χ3v) is 10.8. The lowest BCUT2D eigenvalue weighted by molar-refractivity contribution is -0.150. The summed E-state index contributed by atoms with van der Waals surface area (Å²) < 4.78 is 34.8. The van der Waals surface area contributed by atoms with E-state index in [1.165, 1.54) is 46.2 Å². The van der Waals surface area contributed by atoms with Crippen LogP contribution in [-0.2, 0) is 18.9 Å². The first-order chi connectivity index (χ1) is 24.6. The number of ether oxygens (including phenoxy) is 6. The van der Waals surface area contributed by atoms with Crippen molar-refractivity contribution in [3.8, 4) is 44.9 Å². The van der Waals surface area contributed by atoms with E-state index in [4.69, 9.17) is 28.4 Å². The second-order valence-corrected chi connectivity index (χ2v) is 14.8. The van der Waals surface area contributed by atoms with E-state index in [9.17, 15) is 0 Å². The Hall–Kier alpha value is -3.16. The number of rotatable bonds is 23. The highest BCUT2D eigenvalue weighted by Gasteiger charge is 2.37. The van der Waals surface area contributed by atoms with Crippen molar-refractivity contribution >= 4 is 0 Å². The molecule has 0 aromatic carbocycles. The largest absolute Gasteiger partial charge is 0.494 e. The average molecular weight is 683 g/mol. The quantitative estimate of drug-likeness (QED) is 0.0726. The number of hydrogen-bond acceptors (Lipinski definition) is 6. The van der Waals surface area contributed by atoms with Gasteiger partial charge in [-0.1, -0.05) is 75.2 Å². The molecule has 2 aliphatic heterocycles. The van der Waals surface area contributed by atoms with Crippen LogP contribution < -0.4 is 9.47 Å². The lowest BCUT2D eigenvalue weighted by Crippen LogP contribution is -2.45. The van der Waals surface area contributed by atoms with Crippen LogP contribution in [0.25, 0.3) is 33.4 Å². The summed E-state index contributed by atoms with van der Waals surface area (Å²) in [4.78, 5) is 0. The molecule has 0 amide bonds. The van der Waals surface area contributed by atoms with Crippen molar-refractivity contribution in [2.24, 2.45) is 10.8 Å². The van der Waals surface area contributed by atoms with Gasteiger partial charge >= 0.3 is 0 Å². The van der Waals surface area contributed by atoms with Gasteiger partial charge in [0.1, 0.15) is 11.5 Å². The highest BCUT2D eigenvalue weighted by atomic mass is 16.5. The molecule has 0 radical (unpaired) electrons. The van der Waals surface area contributed by atoms with Crippen LogP contribution in [0.15, 0.2) is 72.8 Å². The van der Waals surface area contributed by atoms with Crippen LogP contribution in [0.2, 0.25) is 0 Å². The highest BCUT2D eigenvalue weighted by Crippen LogP contribution is 2.35. The van der Waals surface area contributed by atoms with E-state index in [-0.39, 0.29) is 10.8 Å². The summed E-state index contributed by atoms with van der Waals surface area (Å²) in [6, 6.07) is 26.3. The predicted octanol–water partition coefficient (Wildman–Crippen LogP) is 10.3. The molecular weight excluding hydrogens is 624 g/mol. The summed E-state index contributed by atoms with van der Waals surface area (Å²) in [7, 11) is 0. The van der Waals surface area contributed by atoms with E-state index in [1.54, 1.807) is 0 Å². The third kappa shape index (κ3) is 10.00. The molecule has 0 bridgehead atoms. The van der Waals surface area contributed by atoms with Gasteiger partial charge in [-0.15, -0.1) is 0 Å². The van der Waals surface area contributed by atoms with Crippen molar-refractivity contribution in [1.29, 1.82) is 0 Å². The van der Waals surface area contributed by atoms with Crippen molar-refractivity contribution < 1.29 is 28.4 Å². The van der Waals surface area contributed by atoms with Gasteiger partial charge in [0.15, 0.2) is 0 Å². The standard InChI is InChI=1S/C44H58O6/c1-3-43(31-47-32-43)29-45-21-9-5-7-11-23-49-41-25-37-17-13-35(14-18-38(37)26-41)36-15-19-39-27-42(28-40(39)20-16-36)50-24-12-8-6-10-22-46-30-44(4-2)33-48-34-44/h13-20,25-28H,3-12,21-24,29-34H2,1-2H3. The van der Waals surface area contributed by atoms with Gasteiger partial charge < -0.3 is 28.4 Å². The zero-order valence-electron chi connectivity index (χ0n) is 30.5. The zero-order valence-corrected chi connectivity index (χ0v) is 30.5. The molecule has 6 nitrogen and oxygen atoms in total. The van der Waals surface area contributed by atoms with Gasteiger partial charge in [0.05, 0.1) is 52.9 Å². The molecule has 0 aromatic rings. The Kier molecular flexibility index (Phi) is 13.5. The monoisotopic (exact) mass is 682 g/mol. The maximum absolute atomic E-state index is 6.11. The van der Waals surface area contributed by atoms with E-state index in [0.717, 1.165) is 129 Å². The highest BCUT2D eigenvalue weighted by molar-refractivity contribution is 5.76. The topological polar surface area (TPSA) is 55.4 Å². The molecular formula is C44H58O6. The van der Waals surface area contributed by atoms with Crippen LogP contribution in [0.3, 0.4) is 0 Å². The molecule has 0 atom stereocenters. The summed E-state index contributed by atoms with van der Waals surface area (Å²) in [6.07, 6.45) is 11.3. The molecule has 6 aliphatic rings. The molecule has 2 fully saturated rings. The third-order valence-electron chi connectivity index (χ3n) is 10.8. The fourth-order valence-electron chi connectivity index (χ4n) is 6.83. The molecule has 0 unspecified atom stereocenters. The van der Waals surface area contributed by atoms with Crippen LogP contribution in [0, 0.1) is 10.8 Å². The van der Waals surface area contributed by atoms with Crippen LogP contribution in [0.5, 0.6) is 11.5 Å². The molecule has 270 valence electrons. The van der Waals surface area contributed by atoms with Crippen LogP contribution in [-0.4, -0.2) is 66.1 Å². The van der Waals surface area contributed by atoms with E-state index < -0.39 is 0 Å². The zero-order chi connectivity index (χ0) is 34.5. The summed E-state index contributed by atoms with van der Waals surface area (Å²) >= 11 is 0. The first-order valence-electron chi connectivity index (χ1n) is 19.2. The summed E-state index contributed by atoms with van der Waals surface area (Å²) in [5, 5.41) is 0. The molecule has 0 N–H and O–H groups in total. The minimum atomic E-state index is 0.286. The van der Waals surface area contributed by atoms with Crippen molar-refractivity contribution in [3.63, 3.8) is 0 Å². The molecule has 50 heavy (non-hydrogen) atoms. The van der Waals surface area contributed by atoms with Gasteiger partial charge in [-0.25, -0.2) is 0 Å². The lowest BCUT2D eigenvalue weighted by Gasteiger charge is -2.40. The predicted molar refractivity (Wildman–Crippen MR) is 202 cm³/mol. The summed E-state index contributed by atoms with van der Waals surface area (Å²) in [6.45, 7) is 12.8. The van der Waals surface area contributed by atoms with Crippen LogP contribution in [0.1, 0.15) is 78.1 Å². The first kappa shape index (κ1) is 36.6. The van der Waals surface area contributed by atoms with Crippen molar-refractivity contribution in [2.75, 3.05) is 66.1 Å². The second-order valence-electron chi connectivity index (χ2n) is 14.8. The first-order valence-corrected chi connectivity index (χ1v) is 19.2. The molecule has 4 aliphatic carbocycles. The molecule has 2 saturated heterocycles. The molecule has 0 saturated carbocycles. The second kappa shape index (κ2) is 18.4. The Morgan fingerprint density at radius 2 is 0.760 bits per heavy atom. The Bertz CT molecular complexity index is 1330. The van der Waals surface area contributed by atoms with Gasteiger partial charge in [0, 0.05) is 24.0 Å². The number of fused-ring (bicyclic) bond motifs is 2. The van der Waals surface area contributed by atoms with Gasteiger partial charge in [-0.3, -0.25) is 0 Å². The average Bonchev–Trinajstić information content (AvgIpc) is 3.54. The Balaban J connectivity index is 0.877. The Morgan fingerprint density at radius 3 is 1.06 bits per heavy atom. The van der Waals surface area contributed by atoms with Gasteiger partial charge in [0.25, 0.3) is 0 Å². The van der Waals surface area contributed by atoms with Gasteiger partial charge in [0.2, 0.25) is 0 Å². The van der Waals surface area contributed by atoms with Crippen LogP contribution in [0.4, 0.5) is 0 Å². The van der Waals surface area contributed by atoms with Gasteiger partial charge in [-0.05, 0) is 109 Å². The number of hydrogen-bond donors (Lipinski definition) is 0. The molecule has 6 rings (SSSR count). The summed E-state index contributed by atoms with van der Waals surface area (Å²) in [5.41, 5.74) is 7.75. The minimum absolute atomic E-state index is 0.286. The van der Waals surface area contributed by atoms with Crippen molar-refractivity contribution in [1.82, 2.24) is 0 Å². The Morgan fingerprint density at radius 1 is 0.440 bits per heavy atom. The maximum Gasteiger partial charge on any atom is 0.120 e. The fraction of sp³-hybridized carbons (Fsp3) is 0.545. The molecule has 6 heteroatoms. The smallest absolute Gasteiger partial charge is 0.120 e. The molecule has 0 spiro atoms.